The number of carbonyl (C=O) groups excluding carboxylic acids is 2. The van der Waals surface area contributed by atoms with Gasteiger partial charge < -0.3 is 9.57 Å². The number of aryl methyl sites for hydroxylation is 1. The van der Waals surface area contributed by atoms with Gasteiger partial charge in [0, 0.05) is 24.8 Å². The molecule has 36 heavy (non-hydrogen) atoms. The van der Waals surface area contributed by atoms with Crippen molar-refractivity contribution in [3.8, 4) is 16.2 Å². The maximum Gasteiger partial charge on any atom is 0.493 e. The number of sulfonamides is 1. The number of hydrogen-bond donors (Lipinski definition) is 1. The zero-order valence-electron chi connectivity index (χ0n) is 18.6. The van der Waals surface area contributed by atoms with Gasteiger partial charge in [-0.2, -0.15) is 13.2 Å². The number of anilines is 2. The quantitative estimate of drug-likeness (QED) is 0.346. The molecule has 0 aliphatic heterocycles. The molecule has 1 aromatic carbocycles. The molecule has 16 heteroatoms. The first-order valence-electron chi connectivity index (χ1n) is 9.63. The summed E-state index contributed by atoms with van der Waals surface area (Å²) in [7, 11) is -2.73. The molecule has 0 atom stereocenters. The number of hydroxylamine groups is 1. The lowest BCUT2D eigenvalue weighted by Gasteiger charge is -2.17. The van der Waals surface area contributed by atoms with Crippen LogP contribution in [0.15, 0.2) is 41.4 Å². The van der Waals surface area contributed by atoms with Crippen molar-refractivity contribution in [3.63, 3.8) is 0 Å². The Labute approximate surface area is 211 Å². The number of benzene rings is 1. The molecule has 0 radical (unpaired) electrons. The second-order valence-corrected chi connectivity index (χ2v) is 9.97. The van der Waals surface area contributed by atoms with Gasteiger partial charge >= 0.3 is 12.1 Å². The lowest BCUT2D eigenvalue weighted by Crippen LogP contribution is -2.37. The summed E-state index contributed by atoms with van der Waals surface area (Å²) in [5.74, 6) is -3.33. The van der Waals surface area contributed by atoms with Crippen LogP contribution in [0.3, 0.4) is 0 Å². The molecule has 0 unspecified atom stereocenters. The molecule has 3 rings (SSSR count). The molecule has 2 aromatic heterocycles. The fraction of sp³-hybridized carbons (Fsp3) is 0.200. The van der Waals surface area contributed by atoms with Crippen LogP contribution in [0.4, 0.5) is 24.0 Å². The molecule has 0 spiro atoms. The number of ether oxygens (including phenoxy) is 1. The van der Waals surface area contributed by atoms with Crippen LogP contribution in [0.1, 0.15) is 12.6 Å². The zero-order valence-corrected chi connectivity index (χ0v) is 21.0. The number of nitrogens with one attached hydrogen (secondary N) is 1. The zero-order chi connectivity index (χ0) is 26.8. The SMILES string of the molecule is COc1cccc(S(=O)(=O)Nc2cc(-c3sc(N(OC(=O)C(F)(F)F)C(C)=O)nc3C)cnc2Cl)c1. The van der Waals surface area contributed by atoms with Crippen molar-refractivity contribution in [2.45, 2.75) is 24.9 Å². The van der Waals surface area contributed by atoms with Crippen LogP contribution in [0.5, 0.6) is 5.75 Å². The van der Waals surface area contributed by atoms with Gasteiger partial charge in [-0.05, 0) is 25.1 Å². The largest absolute Gasteiger partial charge is 0.497 e. The molecule has 0 aliphatic carbocycles. The molecule has 0 saturated heterocycles. The molecule has 1 amide bonds. The maximum atomic E-state index is 12.8. The van der Waals surface area contributed by atoms with E-state index in [1.54, 1.807) is 6.07 Å². The first-order chi connectivity index (χ1) is 16.7. The van der Waals surface area contributed by atoms with Crippen molar-refractivity contribution in [2.75, 3.05) is 16.9 Å². The first kappa shape index (κ1) is 27.2. The molecule has 0 fully saturated rings. The first-order valence-corrected chi connectivity index (χ1v) is 12.3. The van der Waals surface area contributed by atoms with E-state index < -0.39 is 28.1 Å². The molecule has 10 nitrogen and oxygen atoms in total. The van der Waals surface area contributed by atoms with Crippen LogP contribution in [-0.2, 0) is 24.4 Å². The van der Waals surface area contributed by atoms with Crippen molar-refractivity contribution in [3.05, 3.63) is 47.4 Å². The van der Waals surface area contributed by atoms with Gasteiger partial charge in [0.2, 0.25) is 5.13 Å². The van der Waals surface area contributed by atoms with Crippen LogP contribution in [0, 0.1) is 6.92 Å². The molecule has 2 heterocycles. The topological polar surface area (TPSA) is 128 Å². The number of nitrogens with zero attached hydrogens (tertiary/aromatic N) is 3. The van der Waals surface area contributed by atoms with Gasteiger partial charge in [-0.25, -0.2) is 23.2 Å². The smallest absolute Gasteiger partial charge is 0.493 e. The molecule has 192 valence electrons. The highest BCUT2D eigenvalue weighted by atomic mass is 35.5. The summed E-state index contributed by atoms with van der Waals surface area (Å²) in [6.07, 6.45) is -4.06. The minimum Gasteiger partial charge on any atom is -0.497 e. The lowest BCUT2D eigenvalue weighted by molar-refractivity contribution is -0.201. The Kier molecular flexibility index (Phi) is 7.76. The number of amides is 1. The van der Waals surface area contributed by atoms with Gasteiger partial charge in [-0.1, -0.05) is 29.0 Å². The van der Waals surface area contributed by atoms with E-state index in [0.29, 0.717) is 22.0 Å². The number of halogens is 4. The highest BCUT2D eigenvalue weighted by molar-refractivity contribution is 7.92. The van der Waals surface area contributed by atoms with Gasteiger partial charge in [0.25, 0.3) is 15.9 Å². The molecular formula is C20H16ClF3N4O6S2. The van der Waals surface area contributed by atoms with Crippen molar-refractivity contribution < 1.29 is 40.8 Å². The fourth-order valence-electron chi connectivity index (χ4n) is 2.73. The average molecular weight is 565 g/mol. The highest BCUT2D eigenvalue weighted by Gasteiger charge is 2.44. The van der Waals surface area contributed by atoms with Gasteiger partial charge in [0.1, 0.15) is 5.75 Å². The Morgan fingerprint density at radius 2 is 1.92 bits per heavy atom. The molecule has 0 bridgehead atoms. The summed E-state index contributed by atoms with van der Waals surface area (Å²) in [6, 6.07) is 7.02. The van der Waals surface area contributed by atoms with E-state index in [1.165, 1.54) is 44.5 Å². The number of alkyl halides is 3. The van der Waals surface area contributed by atoms with E-state index in [0.717, 1.165) is 6.92 Å². The Hall–Kier alpha value is -3.43. The van der Waals surface area contributed by atoms with Gasteiger partial charge in [-0.3, -0.25) is 9.52 Å². The van der Waals surface area contributed by atoms with E-state index in [4.69, 9.17) is 16.3 Å². The summed E-state index contributed by atoms with van der Waals surface area (Å²) in [5, 5.41) is -0.426. The van der Waals surface area contributed by atoms with E-state index in [-0.39, 0.29) is 37.2 Å². The fourth-order valence-corrected chi connectivity index (χ4v) is 5.06. The minimum absolute atomic E-state index is 0.0988. The Morgan fingerprint density at radius 1 is 1.22 bits per heavy atom. The van der Waals surface area contributed by atoms with Crippen molar-refractivity contribution in [2.24, 2.45) is 0 Å². The monoisotopic (exact) mass is 564 g/mol. The summed E-state index contributed by atoms with van der Waals surface area (Å²) in [4.78, 5) is 35.4. The number of carbonyl (C=O) groups is 2. The number of pyridine rings is 1. The Morgan fingerprint density at radius 3 is 2.53 bits per heavy atom. The number of methoxy groups -OCH3 is 1. The van der Waals surface area contributed by atoms with Crippen molar-refractivity contribution >= 4 is 55.7 Å². The molecular weight excluding hydrogens is 549 g/mol. The normalized spacial score (nSPS) is 11.6. The van der Waals surface area contributed by atoms with E-state index in [9.17, 15) is 31.2 Å². The number of thiazole rings is 1. The predicted molar refractivity (Wildman–Crippen MR) is 124 cm³/mol. The van der Waals surface area contributed by atoms with E-state index >= 15 is 0 Å². The van der Waals surface area contributed by atoms with Crippen LogP contribution in [0.25, 0.3) is 10.4 Å². The van der Waals surface area contributed by atoms with Crippen LogP contribution in [-0.4, -0.2) is 43.5 Å². The van der Waals surface area contributed by atoms with Gasteiger partial charge in [-0.15, -0.1) is 5.06 Å². The second kappa shape index (κ2) is 10.3. The van der Waals surface area contributed by atoms with Crippen molar-refractivity contribution in [1.82, 2.24) is 9.97 Å². The number of hydrogen-bond acceptors (Lipinski definition) is 9. The molecule has 0 aliphatic rings. The molecule has 0 saturated carbocycles. The highest BCUT2D eigenvalue weighted by Crippen LogP contribution is 2.37. The Bertz CT molecular complexity index is 1430. The van der Waals surface area contributed by atoms with Crippen molar-refractivity contribution in [1.29, 1.82) is 0 Å². The predicted octanol–water partition coefficient (Wildman–Crippen LogP) is 4.35. The summed E-state index contributed by atoms with van der Waals surface area (Å²) in [6.45, 7) is 2.36. The summed E-state index contributed by atoms with van der Waals surface area (Å²) in [5.41, 5.74) is 0.405. The average Bonchev–Trinajstić information content (AvgIpc) is 3.18. The summed E-state index contributed by atoms with van der Waals surface area (Å²) >= 11 is 6.79. The number of aromatic nitrogens is 2. The molecule has 3 aromatic rings. The standard InChI is InChI=1S/C20H16ClF3N4O6S2/c1-10-16(35-19(26-10)28(11(2)29)34-18(30)20(22,23)24)12-7-15(17(21)25-9-12)27-36(31,32)14-6-4-5-13(8-14)33-3/h4-9,27H,1-3H3. The maximum absolute atomic E-state index is 12.8. The van der Waals surface area contributed by atoms with Gasteiger partial charge in [0.15, 0.2) is 5.15 Å². The lowest BCUT2D eigenvalue weighted by atomic mass is 10.2. The van der Waals surface area contributed by atoms with Crippen LogP contribution >= 0.6 is 22.9 Å². The second-order valence-electron chi connectivity index (χ2n) is 6.95. The summed E-state index contributed by atoms with van der Waals surface area (Å²) < 4.78 is 70.9. The third-order valence-electron chi connectivity index (χ3n) is 4.35. The minimum atomic E-state index is -5.34. The third kappa shape index (κ3) is 6.03. The van der Waals surface area contributed by atoms with Gasteiger partial charge in [0.05, 0.1) is 28.3 Å². The number of rotatable bonds is 6. The van der Waals surface area contributed by atoms with E-state index in [1.807, 2.05) is 0 Å². The van der Waals surface area contributed by atoms with Crippen LogP contribution < -0.4 is 14.5 Å². The third-order valence-corrected chi connectivity index (χ3v) is 7.19. The molecule has 1 N–H and O–H groups in total. The Balaban J connectivity index is 1.96. The van der Waals surface area contributed by atoms with E-state index in [2.05, 4.69) is 19.5 Å². The van der Waals surface area contributed by atoms with Crippen LogP contribution in [0.2, 0.25) is 5.15 Å².